The van der Waals surface area contributed by atoms with Crippen molar-refractivity contribution in [2.75, 3.05) is 31.1 Å². The van der Waals surface area contributed by atoms with Crippen LogP contribution in [0.15, 0.2) is 65.7 Å². The molecule has 41 heavy (non-hydrogen) atoms. The molecule has 0 radical (unpaired) electrons. The Morgan fingerprint density at radius 3 is 2.22 bits per heavy atom. The fourth-order valence-electron chi connectivity index (χ4n) is 5.91. The van der Waals surface area contributed by atoms with Gasteiger partial charge in [-0.05, 0) is 92.6 Å². The number of hydrogen-bond acceptors (Lipinski definition) is 4. The standard InChI is InChI=1S/C33H36ClFN4O2/c1-33(2,3)38-13-11-37(12-14-38)25-7-5-6-22(16-25)27-19-24(35)20-28(31(27)40)23-17-26(21-8-9-21)30(29(34)18-23)39-15-10-36(4)32(39)41/h5-7,10,15-21,40H,8-9,11-14H2,1-4H3. The Kier molecular flexibility index (Phi) is 6.99. The lowest BCUT2D eigenvalue weighted by atomic mass is 9.94. The summed E-state index contributed by atoms with van der Waals surface area (Å²) in [5, 5.41) is 11.9. The van der Waals surface area contributed by atoms with E-state index < -0.39 is 5.82 Å². The highest BCUT2D eigenvalue weighted by molar-refractivity contribution is 6.33. The van der Waals surface area contributed by atoms with E-state index in [1.165, 1.54) is 16.7 Å². The fraction of sp³-hybridized carbons (Fsp3) is 0.364. The molecule has 214 valence electrons. The van der Waals surface area contributed by atoms with Gasteiger partial charge in [0, 0.05) is 68.0 Å². The number of nitrogens with zero attached hydrogens (tertiary/aromatic N) is 4. The second kappa shape index (κ2) is 10.4. The Morgan fingerprint density at radius 1 is 0.927 bits per heavy atom. The maximum absolute atomic E-state index is 15.2. The summed E-state index contributed by atoms with van der Waals surface area (Å²) in [5.41, 5.74) is 4.77. The molecule has 2 heterocycles. The molecule has 2 fully saturated rings. The zero-order valence-corrected chi connectivity index (χ0v) is 24.7. The number of benzene rings is 3. The summed E-state index contributed by atoms with van der Waals surface area (Å²) in [6.45, 7) is 10.5. The van der Waals surface area contributed by atoms with Crippen LogP contribution in [-0.4, -0.2) is 50.9 Å². The Bertz CT molecular complexity index is 1670. The number of piperazine rings is 1. The Balaban J connectivity index is 1.38. The summed E-state index contributed by atoms with van der Waals surface area (Å²) in [7, 11) is 1.70. The van der Waals surface area contributed by atoms with Gasteiger partial charge < -0.3 is 14.6 Å². The molecule has 1 aliphatic carbocycles. The Labute approximate surface area is 245 Å². The maximum atomic E-state index is 15.2. The van der Waals surface area contributed by atoms with Crippen LogP contribution in [0.3, 0.4) is 0 Å². The van der Waals surface area contributed by atoms with Crippen LogP contribution in [-0.2, 0) is 7.05 Å². The molecular formula is C33H36ClFN4O2. The first-order chi connectivity index (χ1) is 19.5. The number of rotatable bonds is 5. The number of aryl methyl sites for hydroxylation is 1. The molecule has 0 spiro atoms. The molecule has 1 N–H and O–H groups in total. The summed E-state index contributed by atoms with van der Waals surface area (Å²) in [4.78, 5) is 17.6. The van der Waals surface area contributed by atoms with Crippen LogP contribution in [0.1, 0.15) is 45.1 Å². The van der Waals surface area contributed by atoms with Gasteiger partial charge in [-0.15, -0.1) is 0 Å². The molecule has 8 heteroatoms. The topological polar surface area (TPSA) is 53.6 Å². The number of anilines is 1. The van der Waals surface area contributed by atoms with Crippen LogP contribution in [0.25, 0.3) is 27.9 Å². The zero-order valence-electron chi connectivity index (χ0n) is 24.0. The molecule has 6 nitrogen and oxygen atoms in total. The highest BCUT2D eigenvalue weighted by Gasteiger charge is 2.30. The van der Waals surface area contributed by atoms with Gasteiger partial charge in [-0.1, -0.05) is 23.7 Å². The van der Waals surface area contributed by atoms with Crippen LogP contribution in [0, 0.1) is 5.82 Å². The number of aromatic hydroxyl groups is 1. The van der Waals surface area contributed by atoms with Gasteiger partial charge in [-0.3, -0.25) is 9.47 Å². The molecule has 2 aliphatic rings. The molecule has 1 aliphatic heterocycles. The highest BCUT2D eigenvalue weighted by atomic mass is 35.5. The second-order valence-corrected chi connectivity index (χ2v) is 12.7. The third-order valence-corrected chi connectivity index (χ3v) is 8.72. The van der Waals surface area contributed by atoms with E-state index in [9.17, 15) is 9.90 Å². The third kappa shape index (κ3) is 5.29. The first-order valence-electron chi connectivity index (χ1n) is 14.2. The molecule has 0 atom stereocenters. The van der Waals surface area contributed by atoms with Gasteiger partial charge in [-0.25, -0.2) is 9.18 Å². The smallest absolute Gasteiger partial charge is 0.332 e. The molecular weight excluding hydrogens is 539 g/mol. The number of hydrogen-bond donors (Lipinski definition) is 1. The predicted molar refractivity (Wildman–Crippen MR) is 164 cm³/mol. The van der Waals surface area contributed by atoms with E-state index in [1.54, 1.807) is 30.1 Å². The molecule has 4 aromatic rings. The lowest BCUT2D eigenvalue weighted by Crippen LogP contribution is -2.53. The fourth-order valence-corrected chi connectivity index (χ4v) is 6.23. The van der Waals surface area contributed by atoms with Crippen molar-refractivity contribution >= 4 is 17.3 Å². The normalized spacial score (nSPS) is 16.4. The molecule has 0 bridgehead atoms. The van der Waals surface area contributed by atoms with E-state index in [1.807, 2.05) is 24.3 Å². The number of halogens is 2. The second-order valence-electron chi connectivity index (χ2n) is 12.3. The van der Waals surface area contributed by atoms with Crippen molar-refractivity contribution in [2.24, 2.45) is 7.05 Å². The molecule has 0 unspecified atom stereocenters. The van der Waals surface area contributed by atoms with Crippen molar-refractivity contribution in [3.8, 4) is 33.7 Å². The van der Waals surface area contributed by atoms with Crippen LogP contribution >= 0.6 is 11.6 Å². The summed E-state index contributed by atoms with van der Waals surface area (Å²) >= 11 is 6.81. The third-order valence-electron chi connectivity index (χ3n) is 8.43. The van der Waals surface area contributed by atoms with Crippen molar-refractivity contribution < 1.29 is 9.50 Å². The van der Waals surface area contributed by atoms with E-state index in [0.29, 0.717) is 27.4 Å². The Morgan fingerprint density at radius 2 is 1.61 bits per heavy atom. The van der Waals surface area contributed by atoms with Gasteiger partial charge in [-0.2, -0.15) is 0 Å². The van der Waals surface area contributed by atoms with E-state index in [2.05, 4.69) is 36.6 Å². The van der Waals surface area contributed by atoms with Gasteiger partial charge in [0.15, 0.2) is 0 Å². The van der Waals surface area contributed by atoms with Crippen LogP contribution < -0.4 is 10.6 Å². The predicted octanol–water partition coefficient (Wildman–Crippen LogP) is 6.81. The summed E-state index contributed by atoms with van der Waals surface area (Å²) < 4.78 is 18.2. The average molecular weight is 575 g/mol. The van der Waals surface area contributed by atoms with Crippen molar-refractivity contribution in [3.63, 3.8) is 0 Å². The van der Waals surface area contributed by atoms with E-state index >= 15 is 4.39 Å². The Hall–Kier alpha value is -3.55. The quantitative estimate of drug-likeness (QED) is 0.285. The van der Waals surface area contributed by atoms with Crippen molar-refractivity contribution in [3.05, 3.63) is 87.8 Å². The van der Waals surface area contributed by atoms with Crippen LogP contribution in [0.5, 0.6) is 5.75 Å². The van der Waals surface area contributed by atoms with Gasteiger partial charge >= 0.3 is 5.69 Å². The first-order valence-corrected chi connectivity index (χ1v) is 14.6. The van der Waals surface area contributed by atoms with Crippen LogP contribution in [0.4, 0.5) is 10.1 Å². The number of phenolic OH excluding ortho intramolecular Hbond substituents is 1. The number of imidazole rings is 1. The van der Waals surface area contributed by atoms with Gasteiger partial charge in [0.25, 0.3) is 0 Å². The largest absolute Gasteiger partial charge is 0.507 e. The minimum atomic E-state index is -0.440. The zero-order chi connectivity index (χ0) is 29.1. The van der Waals surface area contributed by atoms with Crippen molar-refractivity contribution in [1.82, 2.24) is 14.0 Å². The van der Waals surface area contributed by atoms with Gasteiger partial charge in [0.05, 0.1) is 10.7 Å². The van der Waals surface area contributed by atoms with Gasteiger partial charge in [0.2, 0.25) is 0 Å². The SMILES string of the molecule is Cn1ccn(-c2c(Cl)cc(-c3cc(F)cc(-c4cccc(N5CCN(C(C)(C)C)CC5)c4)c3O)cc2C2CC2)c1=O. The van der Waals surface area contributed by atoms with Crippen molar-refractivity contribution in [2.45, 2.75) is 45.1 Å². The minimum Gasteiger partial charge on any atom is -0.507 e. The van der Waals surface area contributed by atoms with E-state index in [-0.39, 0.29) is 22.9 Å². The molecule has 6 rings (SSSR count). The summed E-state index contributed by atoms with van der Waals surface area (Å²) in [5.74, 6) is -0.173. The molecule has 1 aromatic heterocycles. The monoisotopic (exact) mass is 574 g/mol. The average Bonchev–Trinajstić information content (AvgIpc) is 3.74. The van der Waals surface area contributed by atoms with Gasteiger partial charge in [0.1, 0.15) is 11.6 Å². The number of aromatic nitrogens is 2. The van der Waals surface area contributed by atoms with Crippen LogP contribution in [0.2, 0.25) is 5.02 Å². The molecule has 1 saturated heterocycles. The summed E-state index contributed by atoms with van der Waals surface area (Å²) in [6.07, 6.45) is 5.40. The van der Waals surface area contributed by atoms with E-state index in [4.69, 9.17) is 11.6 Å². The lowest BCUT2D eigenvalue weighted by molar-refractivity contribution is 0.128. The summed E-state index contributed by atoms with van der Waals surface area (Å²) in [6, 6.07) is 14.4. The molecule has 3 aromatic carbocycles. The lowest BCUT2D eigenvalue weighted by Gasteiger charge is -2.43. The van der Waals surface area contributed by atoms with E-state index in [0.717, 1.165) is 55.8 Å². The maximum Gasteiger partial charge on any atom is 0.332 e. The number of phenols is 1. The molecule has 1 saturated carbocycles. The highest BCUT2D eigenvalue weighted by Crippen LogP contribution is 2.48. The molecule has 0 amide bonds. The van der Waals surface area contributed by atoms with Crippen molar-refractivity contribution in [1.29, 1.82) is 0 Å². The first kappa shape index (κ1) is 27.6. The minimum absolute atomic E-state index is 0.00328.